The molecule has 0 bridgehead atoms. The summed E-state index contributed by atoms with van der Waals surface area (Å²) in [4.78, 5) is 0. The number of rotatable bonds is 0. The third-order valence-electron chi connectivity index (χ3n) is 1.48. The van der Waals surface area contributed by atoms with Crippen LogP contribution >= 0.6 is 0 Å². The van der Waals surface area contributed by atoms with E-state index in [1.165, 1.54) is 0 Å². The van der Waals surface area contributed by atoms with Gasteiger partial charge in [-0.05, 0) is 12.2 Å². The molecule has 2 heterocycles. The second kappa shape index (κ2) is 2.75. The number of hydrazine groups is 1. The molecule has 2 aliphatic rings. The fourth-order valence-corrected chi connectivity index (χ4v) is 0.935. The molecule has 0 aromatic carbocycles. The van der Waals surface area contributed by atoms with Crippen molar-refractivity contribution >= 4 is 0 Å². The molecule has 11 heavy (non-hydrogen) atoms. The Bertz CT molecular complexity index is 217. The molecule has 0 aromatic heterocycles. The van der Waals surface area contributed by atoms with Crippen LogP contribution in [0.1, 0.15) is 0 Å². The number of nitrogens with one attached hydrogen (secondary N) is 3. The van der Waals surface area contributed by atoms with E-state index in [1.807, 2.05) is 24.6 Å². The molecule has 58 valence electrons. The zero-order chi connectivity index (χ0) is 7.52. The van der Waals surface area contributed by atoms with Crippen LogP contribution in [0, 0.1) is 0 Å². The number of nitrogens with two attached hydrogens (primary N) is 1. The zero-order valence-electron chi connectivity index (χ0n) is 5.83. The van der Waals surface area contributed by atoms with Crippen molar-refractivity contribution < 1.29 is 5.43 Å². The highest BCUT2D eigenvalue weighted by atomic mass is 15.8. The molecule has 5 heteroatoms. The van der Waals surface area contributed by atoms with Crippen molar-refractivity contribution in [3.63, 3.8) is 0 Å². The molecule has 0 unspecified atom stereocenters. The molecule has 0 radical (unpaired) electrons. The number of dihydropyridines is 1. The molecule has 1 saturated heterocycles. The van der Waals surface area contributed by atoms with Gasteiger partial charge in [-0.3, -0.25) is 11.0 Å². The number of hydrogen-bond donors (Lipinski definition) is 4. The summed E-state index contributed by atoms with van der Waals surface area (Å²) in [5.74, 6) is 0.985. The minimum atomic E-state index is 0.985. The predicted octanol–water partition coefficient (Wildman–Crippen LogP) is -1.30. The quantitative estimate of drug-likeness (QED) is 0.325. The summed E-state index contributed by atoms with van der Waals surface area (Å²) < 4.78 is 0. The Morgan fingerprint density at radius 2 is 2.09 bits per heavy atom. The van der Waals surface area contributed by atoms with Gasteiger partial charge in [-0.15, -0.1) is 0 Å². The molecule has 0 amide bonds. The number of quaternary nitrogens is 1. The van der Waals surface area contributed by atoms with Gasteiger partial charge in [0, 0.05) is 12.4 Å². The Morgan fingerprint density at radius 3 is 2.73 bits per heavy atom. The smallest absolute Gasteiger partial charge is 0.210 e. The Morgan fingerprint density at radius 1 is 1.27 bits per heavy atom. The molecular weight excluding hydrogens is 142 g/mol. The average molecular weight is 151 g/mol. The molecule has 0 saturated carbocycles. The van der Waals surface area contributed by atoms with E-state index in [4.69, 9.17) is 0 Å². The van der Waals surface area contributed by atoms with E-state index >= 15 is 0 Å². The van der Waals surface area contributed by atoms with Gasteiger partial charge in [-0.1, -0.05) is 0 Å². The van der Waals surface area contributed by atoms with Gasteiger partial charge in [0.25, 0.3) is 0 Å². The highest BCUT2D eigenvalue weighted by Gasteiger charge is 2.06. The lowest BCUT2D eigenvalue weighted by atomic mass is 10.2. The molecule has 1 fully saturated rings. The molecule has 0 atom stereocenters. The fourth-order valence-electron chi connectivity index (χ4n) is 0.935. The number of nitrogens with zero attached hydrogens (tertiary/aromatic N) is 1. The lowest BCUT2D eigenvalue weighted by Crippen LogP contribution is -2.75. The lowest BCUT2D eigenvalue weighted by Gasteiger charge is -2.03. The van der Waals surface area contributed by atoms with E-state index in [1.54, 1.807) is 5.43 Å². The van der Waals surface area contributed by atoms with Gasteiger partial charge in [-0.2, -0.15) is 0 Å². The first-order valence-electron chi connectivity index (χ1n) is 3.34. The summed E-state index contributed by atoms with van der Waals surface area (Å²) in [6.45, 7) is 0. The minimum Gasteiger partial charge on any atom is -0.368 e. The van der Waals surface area contributed by atoms with Gasteiger partial charge in [0.05, 0.1) is 5.57 Å². The average Bonchev–Trinajstić information content (AvgIpc) is 2.58. The first-order chi connectivity index (χ1) is 5.47. The van der Waals surface area contributed by atoms with E-state index in [-0.39, 0.29) is 0 Å². The van der Waals surface area contributed by atoms with Gasteiger partial charge >= 0.3 is 0 Å². The maximum absolute atomic E-state index is 3.81. The molecule has 2 rings (SSSR count). The van der Waals surface area contributed by atoms with Gasteiger partial charge in [-0.25, -0.2) is 0 Å². The molecule has 5 nitrogen and oxygen atoms in total. The highest BCUT2D eigenvalue weighted by molar-refractivity contribution is 5.34. The predicted molar refractivity (Wildman–Crippen MR) is 40.0 cm³/mol. The second-order valence-corrected chi connectivity index (χ2v) is 2.20. The van der Waals surface area contributed by atoms with E-state index in [9.17, 15) is 0 Å². The molecule has 5 N–H and O–H groups in total. The normalized spacial score (nSPS) is 21.8. The largest absolute Gasteiger partial charge is 0.368 e. The monoisotopic (exact) mass is 151 g/mol. The first-order valence-corrected chi connectivity index (χ1v) is 3.34. The maximum atomic E-state index is 3.81. The standard InChI is InChI=1S/C6H9N5/c1-3-7-4-2-5(1)6-8-10-11-9-6/h1-4,7-8,10H,9H2. The van der Waals surface area contributed by atoms with Crippen LogP contribution in [-0.2, 0) is 0 Å². The number of allylic oxidation sites excluding steroid dienone is 3. The SMILES string of the molecule is C1=CC(=C2NN[N-][NH2+]2)C=CN1. The van der Waals surface area contributed by atoms with E-state index < -0.39 is 0 Å². The Labute approximate surface area is 64.1 Å². The summed E-state index contributed by atoms with van der Waals surface area (Å²) in [5.41, 5.74) is 12.2. The molecule has 2 aliphatic heterocycles. The third-order valence-corrected chi connectivity index (χ3v) is 1.48. The molecular formula is C6H9N5. The van der Waals surface area contributed by atoms with E-state index in [0.29, 0.717) is 0 Å². The van der Waals surface area contributed by atoms with Crippen LogP contribution in [0.15, 0.2) is 35.9 Å². The van der Waals surface area contributed by atoms with Crippen LogP contribution in [0.5, 0.6) is 0 Å². The van der Waals surface area contributed by atoms with Crippen molar-refractivity contribution in [2.75, 3.05) is 0 Å². The first kappa shape index (κ1) is 6.41. The van der Waals surface area contributed by atoms with Gasteiger partial charge < -0.3 is 16.3 Å². The van der Waals surface area contributed by atoms with Crippen LogP contribution in [0.4, 0.5) is 0 Å². The molecule has 0 aliphatic carbocycles. The molecule has 0 spiro atoms. The van der Waals surface area contributed by atoms with Crippen molar-refractivity contribution in [3.8, 4) is 0 Å². The van der Waals surface area contributed by atoms with Crippen LogP contribution in [0.25, 0.3) is 5.53 Å². The van der Waals surface area contributed by atoms with Crippen LogP contribution < -0.4 is 21.7 Å². The summed E-state index contributed by atoms with van der Waals surface area (Å²) in [6, 6.07) is 0. The van der Waals surface area contributed by atoms with E-state index in [0.717, 1.165) is 11.4 Å². The summed E-state index contributed by atoms with van der Waals surface area (Å²) in [6.07, 6.45) is 7.69. The van der Waals surface area contributed by atoms with Gasteiger partial charge in [0.2, 0.25) is 5.82 Å². The van der Waals surface area contributed by atoms with Crippen molar-refractivity contribution in [1.82, 2.24) is 16.3 Å². The Hall–Kier alpha value is -1.30. The summed E-state index contributed by atoms with van der Waals surface area (Å²) >= 11 is 0. The van der Waals surface area contributed by atoms with Crippen LogP contribution in [0.2, 0.25) is 0 Å². The van der Waals surface area contributed by atoms with Crippen molar-refractivity contribution in [1.29, 1.82) is 0 Å². The Kier molecular flexibility index (Phi) is 1.60. The van der Waals surface area contributed by atoms with Crippen LogP contribution in [0.3, 0.4) is 0 Å². The zero-order valence-corrected chi connectivity index (χ0v) is 5.83. The lowest BCUT2D eigenvalue weighted by molar-refractivity contribution is -0.548. The summed E-state index contributed by atoms with van der Waals surface area (Å²) in [5, 5.41) is 2.95. The van der Waals surface area contributed by atoms with Crippen molar-refractivity contribution in [3.05, 3.63) is 41.5 Å². The second-order valence-electron chi connectivity index (χ2n) is 2.20. The molecule has 0 aromatic rings. The van der Waals surface area contributed by atoms with Crippen LogP contribution in [-0.4, -0.2) is 0 Å². The van der Waals surface area contributed by atoms with Crippen molar-refractivity contribution in [2.24, 2.45) is 0 Å². The fraction of sp³-hybridized carbons (Fsp3) is 0. The van der Waals surface area contributed by atoms with Crippen molar-refractivity contribution in [2.45, 2.75) is 0 Å². The topological polar surface area (TPSA) is 66.8 Å². The maximum Gasteiger partial charge on any atom is 0.210 e. The summed E-state index contributed by atoms with van der Waals surface area (Å²) in [7, 11) is 0. The van der Waals surface area contributed by atoms with Gasteiger partial charge in [0.1, 0.15) is 0 Å². The third kappa shape index (κ3) is 1.25. The highest BCUT2D eigenvalue weighted by Crippen LogP contribution is 2.03. The van der Waals surface area contributed by atoms with E-state index in [2.05, 4.69) is 21.8 Å². The van der Waals surface area contributed by atoms with Gasteiger partial charge in [0.15, 0.2) is 0 Å². The number of hydrogen-bond acceptors (Lipinski definition) is 3. The Balaban J connectivity index is 2.22. The minimum absolute atomic E-state index is 0.985.